The van der Waals surface area contributed by atoms with Crippen LogP contribution in [-0.2, 0) is 4.74 Å². The SMILES string of the molecule is CCCCCCCC(C)(CN)N(C)C1CCOCC1. The molecule has 3 nitrogen and oxygen atoms in total. The first kappa shape index (κ1) is 16.9. The number of hydrogen-bond donors (Lipinski definition) is 1. The summed E-state index contributed by atoms with van der Waals surface area (Å²) in [6.07, 6.45) is 10.3. The van der Waals surface area contributed by atoms with E-state index in [0.717, 1.165) is 32.6 Å². The molecule has 1 rings (SSSR count). The molecule has 1 aliphatic heterocycles. The fourth-order valence-electron chi connectivity index (χ4n) is 3.05. The maximum Gasteiger partial charge on any atom is 0.0480 e. The van der Waals surface area contributed by atoms with E-state index in [0.29, 0.717) is 6.04 Å². The number of likely N-dealkylation sites (N-methyl/N-ethyl adjacent to an activating group) is 1. The predicted octanol–water partition coefficient (Wildman–Crippen LogP) is 3.18. The van der Waals surface area contributed by atoms with E-state index < -0.39 is 0 Å². The third-order valence-electron chi connectivity index (χ3n) is 4.85. The zero-order valence-electron chi connectivity index (χ0n) is 13.3. The minimum atomic E-state index is 0.161. The largest absolute Gasteiger partial charge is 0.381 e. The molecule has 2 N–H and O–H groups in total. The summed E-state index contributed by atoms with van der Waals surface area (Å²) in [5, 5.41) is 0. The van der Waals surface area contributed by atoms with Gasteiger partial charge in [0.1, 0.15) is 0 Å². The van der Waals surface area contributed by atoms with E-state index in [1.165, 1.54) is 38.5 Å². The maximum atomic E-state index is 6.08. The third-order valence-corrected chi connectivity index (χ3v) is 4.85. The highest BCUT2D eigenvalue weighted by Crippen LogP contribution is 2.26. The Kier molecular flexibility index (Phi) is 7.96. The van der Waals surface area contributed by atoms with Crippen LogP contribution in [-0.4, -0.2) is 43.3 Å². The number of nitrogens with two attached hydrogens (primary N) is 1. The van der Waals surface area contributed by atoms with Crippen molar-refractivity contribution in [3.05, 3.63) is 0 Å². The van der Waals surface area contributed by atoms with Crippen LogP contribution in [0.25, 0.3) is 0 Å². The van der Waals surface area contributed by atoms with Crippen molar-refractivity contribution >= 4 is 0 Å². The van der Waals surface area contributed by atoms with Gasteiger partial charge in [-0.2, -0.15) is 0 Å². The highest BCUT2D eigenvalue weighted by molar-refractivity contribution is 4.90. The Hall–Kier alpha value is -0.120. The van der Waals surface area contributed by atoms with Crippen molar-refractivity contribution in [2.24, 2.45) is 5.73 Å². The van der Waals surface area contributed by atoms with E-state index in [4.69, 9.17) is 10.5 Å². The molecule has 0 aromatic carbocycles. The standard InChI is InChI=1S/C16H34N2O/c1-4-5-6-7-8-11-16(2,14-17)18(3)15-9-12-19-13-10-15/h15H,4-14,17H2,1-3H3. The van der Waals surface area contributed by atoms with Crippen LogP contribution >= 0.6 is 0 Å². The number of unbranched alkanes of at least 4 members (excludes halogenated alkanes) is 4. The molecular weight excluding hydrogens is 236 g/mol. The molecule has 1 atom stereocenters. The van der Waals surface area contributed by atoms with E-state index in [1.54, 1.807) is 0 Å². The lowest BCUT2D eigenvalue weighted by molar-refractivity contribution is 0.000446. The molecule has 19 heavy (non-hydrogen) atoms. The summed E-state index contributed by atoms with van der Waals surface area (Å²) in [6.45, 7) is 7.18. The second-order valence-electron chi connectivity index (χ2n) is 6.32. The van der Waals surface area contributed by atoms with Crippen molar-refractivity contribution in [1.29, 1.82) is 0 Å². The Morgan fingerprint density at radius 3 is 2.37 bits per heavy atom. The first-order valence-electron chi connectivity index (χ1n) is 8.15. The van der Waals surface area contributed by atoms with Crippen LogP contribution in [0.3, 0.4) is 0 Å². The van der Waals surface area contributed by atoms with Gasteiger partial charge in [0, 0.05) is 31.3 Å². The molecule has 1 saturated heterocycles. The average Bonchev–Trinajstić information content (AvgIpc) is 2.47. The first-order chi connectivity index (χ1) is 9.14. The lowest BCUT2D eigenvalue weighted by Crippen LogP contribution is -2.55. The molecule has 1 heterocycles. The lowest BCUT2D eigenvalue weighted by Gasteiger charge is -2.44. The van der Waals surface area contributed by atoms with Crippen LogP contribution in [0.4, 0.5) is 0 Å². The van der Waals surface area contributed by atoms with E-state index >= 15 is 0 Å². The Bertz CT molecular complexity index is 229. The average molecular weight is 270 g/mol. The van der Waals surface area contributed by atoms with Gasteiger partial charge >= 0.3 is 0 Å². The van der Waals surface area contributed by atoms with Crippen LogP contribution in [0.5, 0.6) is 0 Å². The van der Waals surface area contributed by atoms with Gasteiger partial charge in [-0.3, -0.25) is 4.90 Å². The van der Waals surface area contributed by atoms with Crippen molar-refractivity contribution in [2.45, 2.75) is 76.8 Å². The molecule has 0 bridgehead atoms. The van der Waals surface area contributed by atoms with E-state index in [2.05, 4.69) is 25.8 Å². The van der Waals surface area contributed by atoms with Crippen molar-refractivity contribution in [3.8, 4) is 0 Å². The summed E-state index contributed by atoms with van der Waals surface area (Å²) in [5.74, 6) is 0. The smallest absolute Gasteiger partial charge is 0.0480 e. The Labute approximate surface area is 119 Å². The number of hydrogen-bond acceptors (Lipinski definition) is 3. The quantitative estimate of drug-likeness (QED) is 0.654. The number of rotatable bonds is 9. The summed E-state index contributed by atoms with van der Waals surface area (Å²) in [6, 6.07) is 0.651. The second-order valence-corrected chi connectivity index (χ2v) is 6.32. The molecule has 114 valence electrons. The topological polar surface area (TPSA) is 38.5 Å². The molecule has 0 amide bonds. The third kappa shape index (κ3) is 5.41. The van der Waals surface area contributed by atoms with Gasteiger partial charge in [0.25, 0.3) is 0 Å². The highest BCUT2D eigenvalue weighted by Gasteiger charge is 2.32. The van der Waals surface area contributed by atoms with Crippen LogP contribution in [0, 0.1) is 0 Å². The van der Waals surface area contributed by atoms with Gasteiger partial charge in [-0.15, -0.1) is 0 Å². The van der Waals surface area contributed by atoms with Gasteiger partial charge in [-0.05, 0) is 33.2 Å². The molecule has 0 radical (unpaired) electrons. The summed E-state index contributed by atoms with van der Waals surface area (Å²) in [7, 11) is 2.26. The lowest BCUT2D eigenvalue weighted by atomic mass is 9.89. The summed E-state index contributed by atoms with van der Waals surface area (Å²) >= 11 is 0. The molecule has 0 aliphatic carbocycles. The highest BCUT2D eigenvalue weighted by atomic mass is 16.5. The summed E-state index contributed by atoms with van der Waals surface area (Å²) in [5.41, 5.74) is 6.24. The first-order valence-corrected chi connectivity index (χ1v) is 8.15. The van der Waals surface area contributed by atoms with Gasteiger partial charge < -0.3 is 10.5 Å². The monoisotopic (exact) mass is 270 g/mol. The molecule has 0 aromatic heterocycles. The molecule has 1 fully saturated rings. The van der Waals surface area contributed by atoms with Crippen LogP contribution in [0.2, 0.25) is 0 Å². The number of ether oxygens (including phenoxy) is 1. The van der Waals surface area contributed by atoms with Crippen LogP contribution < -0.4 is 5.73 Å². The fourth-order valence-corrected chi connectivity index (χ4v) is 3.05. The Morgan fingerprint density at radius 2 is 1.79 bits per heavy atom. The van der Waals surface area contributed by atoms with Gasteiger partial charge in [-0.1, -0.05) is 39.0 Å². The molecule has 0 aromatic rings. The maximum absolute atomic E-state index is 6.08. The molecule has 1 aliphatic rings. The zero-order chi connectivity index (χ0) is 14.1. The van der Waals surface area contributed by atoms with Gasteiger partial charge in [0.15, 0.2) is 0 Å². The zero-order valence-corrected chi connectivity index (χ0v) is 13.3. The van der Waals surface area contributed by atoms with E-state index in [1.807, 2.05) is 0 Å². The van der Waals surface area contributed by atoms with Crippen molar-refractivity contribution in [1.82, 2.24) is 4.90 Å². The van der Waals surface area contributed by atoms with E-state index in [-0.39, 0.29) is 5.54 Å². The predicted molar refractivity (Wildman–Crippen MR) is 82.4 cm³/mol. The van der Waals surface area contributed by atoms with Gasteiger partial charge in [0.2, 0.25) is 0 Å². The normalized spacial score (nSPS) is 20.7. The fraction of sp³-hybridized carbons (Fsp3) is 1.00. The Balaban J connectivity index is 2.38. The molecule has 0 spiro atoms. The second kappa shape index (κ2) is 8.93. The van der Waals surface area contributed by atoms with Gasteiger partial charge in [-0.25, -0.2) is 0 Å². The molecule has 1 unspecified atom stereocenters. The molecule has 0 saturated carbocycles. The van der Waals surface area contributed by atoms with Crippen molar-refractivity contribution < 1.29 is 4.74 Å². The van der Waals surface area contributed by atoms with Crippen LogP contribution in [0.15, 0.2) is 0 Å². The minimum Gasteiger partial charge on any atom is -0.381 e. The number of nitrogens with zero attached hydrogens (tertiary/aromatic N) is 1. The van der Waals surface area contributed by atoms with E-state index in [9.17, 15) is 0 Å². The van der Waals surface area contributed by atoms with Crippen molar-refractivity contribution in [2.75, 3.05) is 26.8 Å². The Morgan fingerprint density at radius 1 is 1.16 bits per heavy atom. The van der Waals surface area contributed by atoms with Crippen molar-refractivity contribution in [3.63, 3.8) is 0 Å². The minimum absolute atomic E-state index is 0.161. The van der Waals surface area contributed by atoms with Crippen LogP contribution in [0.1, 0.15) is 65.2 Å². The summed E-state index contributed by atoms with van der Waals surface area (Å²) in [4.78, 5) is 2.54. The molecule has 3 heteroatoms. The summed E-state index contributed by atoms with van der Waals surface area (Å²) < 4.78 is 5.46. The molecular formula is C16H34N2O. The van der Waals surface area contributed by atoms with Gasteiger partial charge in [0.05, 0.1) is 0 Å².